The predicted molar refractivity (Wildman–Crippen MR) is 42.5 cm³/mol. The van der Waals surface area contributed by atoms with Crippen molar-refractivity contribution in [2.45, 2.75) is 6.92 Å². The van der Waals surface area contributed by atoms with Crippen molar-refractivity contribution in [2.24, 2.45) is 0 Å². The Balaban J connectivity index is 2.92. The Morgan fingerprint density at radius 1 is 1.27 bits per heavy atom. The Morgan fingerprint density at radius 2 is 2.00 bits per heavy atom. The number of hydrogen-bond donors (Lipinski definition) is 1. The standard InChI is InChI=1S/C9H9NO/c1-6-9(11)7-4-2-3-5-8(7)10-6/h2-5,10-11H,1H3/p-1. The van der Waals surface area contributed by atoms with Gasteiger partial charge in [-0.3, -0.25) is 0 Å². The summed E-state index contributed by atoms with van der Waals surface area (Å²) in [5.74, 6) is 0.112. The highest BCUT2D eigenvalue weighted by molar-refractivity contribution is 5.86. The van der Waals surface area contributed by atoms with Crippen molar-refractivity contribution < 1.29 is 5.11 Å². The molecule has 0 radical (unpaired) electrons. The van der Waals surface area contributed by atoms with Crippen molar-refractivity contribution in [3.63, 3.8) is 0 Å². The minimum Gasteiger partial charge on any atom is -0.871 e. The third-order valence-electron chi connectivity index (χ3n) is 1.83. The summed E-state index contributed by atoms with van der Waals surface area (Å²) in [5, 5.41) is 12.1. The van der Waals surface area contributed by atoms with Gasteiger partial charge in [-0.15, -0.1) is 0 Å². The Hall–Kier alpha value is -1.44. The normalized spacial score (nSPS) is 10.6. The van der Waals surface area contributed by atoms with E-state index in [2.05, 4.69) is 4.98 Å². The molecule has 0 saturated carbocycles. The van der Waals surface area contributed by atoms with E-state index >= 15 is 0 Å². The van der Waals surface area contributed by atoms with Gasteiger partial charge in [-0.05, 0) is 18.4 Å². The number of hydrogen-bond acceptors (Lipinski definition) is 1. The molecule has 56 valence electrons. The lowest BCUT2D eigenvalue weighted by atomic mass is 10.2. The highest BCUT2D eigenvalue weighted by atomic mass is 16.3. The number of nitrogens with one attached hydrogen (secondary N) is 1. The topological polar surface area (TPSA) is 38.8 Å². The van der Waals surface area contributed by atoms with E-state index in [1.54, 1.807) is 6.92 Å². The van der Waals surface area contributed by atoms with Crippen LogP contribution in [-0.4, -0.2) is 4.98 Å². The van der Waals surface area contributed by atoms with E-state index in [0.29, 0.717) is 5.69 Å². The lowest BCUT2D eigenvalue weighted by Crippen LogP contribution is -1.89. The summed E-state index contributed by atoms with van der Waals surface area (Å²) in [5.41, 5.74) is 1.64. The molecule has 2 rings (SSSR count). The van der Waals surface area contributed by atoms with E-state index < -0.39 is 0 Å². The van der Waals surface area contributed by atoms with Gasteiger partial charge in [0, 0.05) is 11.2 Å². The Bertz CT molecular complexity index is 389. The van der Waals surface area contributed by atoms with Crippen molar-refractivity contribution in [3.05, 3.63) is 30.0 Å². The monoisotopic (exact) mass is 146 g/mol. The molecule has 0 saturated heterocycles. The van der Waals surface area contributed by atoms with Crippen molar-refractivity contribution in [1.82, 2.24) is 4.98 Å². The van der Waals surface area contributed by atoms with Crippen molar-refractivity contribution in [3.8, 4) is 5.75 Å². The summed E-state index contributed by atoms with van der Waals surface area (Å²) in [6.45, 7) is 1.79. The van der Waals surface area contributed by atoms with E-state index in [9.17, 15) is 5.11 Å². The second-order valence-electron chi connectivity index (χ2n) is 2.62. The lowest BCUT2D eigenvalue weighted by Gasteiger charge is -2.01. The molecule has 0 unspecified atom stereocenters. The number of aryl methyl sites for hydroxylation is 1. The van der Waals surface area contributed by atoms with Crippen molar-refractivity contribution in [2.75, 3.05) is 0 Å². The summed E-state index contributed by atoms with van der Waals surface area (Å²) in [4.78, 5) is 3.01. The highest BCUT2D eigenvalue weighted by Gasteiger charge is 1.96. The first kappa shape index (κ1) is 6.28. The highest BCUT2D eigenvalue weighted by Crippen LogP contribution is 2.24. The molecule has 1 heterocycles. The van der Waals surface area contributed by atoms with E-state index in [-0.39, 0.29) is 5.75 Å². The maximum absolute atomic E-state index is 11.3. The third-order valence-corrected chi connectivity index (χ3v) is 1.83. The van der Waals surface area contributed by atoms with Crippen LogP contribution in [0.5, 0.6) is 5.75 Å². The number of aromatic nitrogens is 1. The molecule has 0 aliphatic carbocycles. The zero-order valence-corrected chi connectivity index (χ0v) is 6.22. The van der Waals surface area contributed by atoms with Crippen LogP contribution in [0, 0.1) is 6.92 Å². The van der Waals surface area contributed by atoms with Crippen LogP contribution in [0.1, 0.15) is 5.69 Å². The minimum absolute atomic E-state index is 0.112. The number of benzene rings is 1. The Labute approximate surface area is 64.5 Å². The number of fused-ring (bicyclic) bond motifs is 1. The lowest BCUT2D eigenvalue weighted by molar-refractivity contribution is -0.266. The van der Waals surface area contributed by atoms with Gasteiger partial charge in [-0.1, -0.05) is 23.9 Å². The van der Waals surface area contributed by atoms with Crippen LogP contribution >= 0.6 is 0 Å². The summed E-state index contributed by atoms with van der Waals surface area (Å²) >= 11 is 0. The maximum Gasteiger partial charge on any atom is 0.0449 e. The van der Waals surface area contributed by atoms with Crippen LogP contribution in [0.4, 0.5) is 0 Å². The molecule has 2 heteroatoms. The molecule has 0 aliphatic heterocycles. The fourth-order valence-electron chi connectivity index (χ4n) is 1.25. The number of rotatable bonds is 0. The molecule has 1 aromatic heterocycles. The maximum atomic E-state index is 11.3. The van der Waals surface area contributed by atoms with Gasteiger partial charge in [-0.2, -0.15) is 0 Å². The first-order valence-corrected chi connectivity index (χ1v) is 3.53. The molecule has 0 spiro atoms. The van der Waals surface area contributed by atoms with E-state index in [4.69, 9.17) is 0 Å². The molecule has 0 aliphatic rings. The molecular formula is C9H8NO-. The van der Waals surface area contributed by atoms with Gasteiger partial charge in [0.25, 0.3) is 0 Å². The Kier molecular flexibility index (Phi) is 1.15. The van der Waals surface area contributed by atoms with E-state index in [0.717, 1.165) is 10.9 Å². The minimum atomic E-state index is 0.112. The van der Waals surface area contributed by atoms with Gasteiger partial charge in [0.1, 0.15) is 0 Å². The van der Waals surface area contributed by atoms with Crippen LogP contribution in [0.2, 0.25) is 0 Å². The molecule has 0 bridgehead atoms. The van der Waals surface area contributed by atoms with Crippen LogP contribution in [-0.2, 0) is 0 Å². The average Bonchev–Trinajstić information content (AvgIpc) is 2.30. The van der Waals surface area contributed by atoms with Crippen LogP contribution in [0.25, 0.3) is 10.9 Å². The number of aromatic amines is 1. The molecular weight excluding hydrogens is 138 g/mol. The first-order chi connectivity index (χ1) is 5.29. The van der Waals surface area contributed by atoms with Gasteiger partial charge in [0.2, 0.25) is 0 Å². The van der Waals surface area contributed by atoms with E-state index in [1.807, 2.05) is 24.3 Å². The molecule has 2 aromatic rings. The SMILES string of the molecule is Cc1[nH]c2ccccc2c1[O-]. The molecule has 0 amide bonds. The molecule has 2 nitrogen and oxygen atoms in total. The smallest absolute Gasteiger partial charge is 0.0449 e. The quantitative estimate of drug-likeness (QED) is 0.601. The fourth-order valence-corrected chi connectivity index (χ4v) is 1.25. The second-order valence-corrected chi connectivity index (χ2v) is 2.62. The van der Waals surface area contributed by atoms with Gasteiger partial charge >= 0.3 is 0 Å². The zero-order valence-electron chi connectivity index (χ0n) is 6.22. The zero-order chi connectivity index (χ0) is 7.84. The molecule has 1 aromatic carbocycles. The average molecular weight is 146 g/mol. The first-order valence-electron chi connectivity index (χ1n) is 3.53. The predicted octanol–water partition coefficient (Wildman–Crippen LogP) is 1.55. The molecule has 11 heavy (non-hydrogen) atoms. The van der Waals surface area contributed by atoms with Crippen LogP contribution < -0.4 is 5.11 Å². The summed E-state index contributed by atoms with van der Waals surface area (Å²) in [6, 6.07) is 7.53. The van der Waals surface area contributed by atoms with Crippen molar-refractivity contribution in [1.29, 1.82) is 0 Å². The van der Waals surface area contributed by atoms with Crippen LogP contribution in [0.3, 0.4) is 0 Å². The fraction of sp³-hybridized carbons (Fsp3) is 0.111. The summed E-state index contributed by atoms with van der Waals surface area (Å²) in [7, 11) is 0. The molecule has 1 N–H and O–H groups in total. The number of para-hydroxylation sites is 1. The van der Waals surface area contributed by atoms with Gasteiger partial charge in [0.15, 0.2) is 0 Å². The van der Waals surface area contributed by atoms with Gasteiger partial charge in [-0.25, -0.2) is 0 Å². The number of H-pyrrole nitrogens is 1. The summed E-state index contributed by atoms with van der Waals surface area (Å²) < 4.78 is 0. The van der Waals surface area contributed by atoms with E-state index in [1.165, 1.54) is 0 Å². The Morgan fingerprint density at radius 3 is 2.73 bits per heavy atom. The second kappa shape index (κ2) is 2.02. The van der Waals surface area contributed by atoms with Crippen LogP contribution in [0.15, 0.2) is 24.3 Å². The van der Waals surface area contributed by atoms with Gasteiger partial charge in [0.05, 0.1) is 0 Å². The largest absolute Gasteiger partial charge is 0.871 e. The van der Waals surface area contributed by atoms with Crippen molar-refractivity contribution >= 4 is 10.9 Å². The third kappa shape index (κ3) is 0.792. The molecule has 0 atom stereocenters. The molecule has 0 fully saturated rings. The van der Waals surface area contributed by atoms with Gasteiger partial charge < -0.3 is 10.1 Å². The summed E-state index contributed by atoms with van der Waals surface area (Å²) in [6.07, 6.45) is 0.